The van der Waals surface area contributed by atoms with E-state index in [0.717, 1.165) is 19.3 Å². The maximum absolute atomic E-state index is 11.4. The van der Waals surface area contributed by atoms with Gasteiger partial charge in [0, 0.05) is 5.75 Å². The van der Waals surface area contributed by atoms with Crippen molar-refractivity contribution < 1.29 is 4.21 Å². The molecule has 0 fully saturated rings. The van der Waals surface area contributed by atoms with Crippen LogP contribution >= 0.6 is 0 Å². The molecule has 0 bridgehead atoms. The molecule has 0 spiro atoms. The fourth-order valence-corrected chi connectivity index (χ4v) is 1.86. The summed E-state index contributed by atoms with van der Waals surface area (Å²) < 4.78 is 11.4. The first kappa shape index (κ1) is 9.38. The summed E-state index contributed by atoms with van der Waals surface area (Å²) >= 11 is 0. The highest BCUT2D eigenvalue weighted by atomic mass is 32.2. The standard InChI is InChI=1S/C7H13N3OS/c1-2-3-4-5-12(11)7-8-6-9-10-7/h6H,2-5H2,1H3,(H,8,9,10). The SMILES string of the molecule is CCCCCS(=O)c1ncn[nH]1. The summed E-state index contributed by atoms with van der Waals surface area (Å²) in [7, 11) is -0.983. The van der Waals surface area contributed by atoms with Gasteiger partial charge in [-0.2, -0.15) is 5.10 Å². The van der Waals surface area contributed by atoms with Gasteiger partial charge >= 0.3 is 0 Å². The lowest BCUT2D eigenvalue weighted by Gasteiger charge is -1.95. The van der Waals surface area contributed by atoms with E-state index in [0.29, 0.717) is 10.9 Å². The monoisotopic (exact) mass is 187 g/mol. The number of hydrogen-bond acceptors (Lipinski definition) is 3. The summed E-state index contributed by atoms with van der Waals surface area (Å²) in [4.78, 5) is 3.83. The molecule has 1 aromatic rings. The van der Waals surface area contributed by atoms with Gasteiger partial charge in [-0.1, -0.05) is 19.8 Å². The Kier molecular flexibility index (Phi) is 3.93. The highest BCUT2D eigenvalue weighted by Gasteiger charge is 2.04. The molecule has 0 aliphatic carbocycles. The van der Waals surface area contributed by atoms with Crippen LogP contribution in [0.5, 0.6) is 0 Å². The van der Waals surface area contributed by atoms with Crippen molar-refractivity contribution in [3.8, 4) is 0 Å². The number of nitrogens with zero attached hydrogens (tertiary/aromatic N) is 2. The molecule has 0 aromatic carbocycles. The van der Waals surface area contributed by atoms with Crippen molar-refractivity contribution in [2.75, 3.05) is 5.75 Å². The van der Waals surface area contributed by atoms with Crippen molar-refractivity contribution in [1.82, 2.24) is 15.2 Å². The molecule has 1 aromatic heterocycles. The van der Waals surface area contributed by atoms with E-state index < -0.39 is 10.8 Å². The quantitative estimate of drug-likeness (QED) is 0.702. The zero-order valence-electron chi connectivity index (χ0n) is 7.12. The number of unbranched alkanes of at least 4 members (excludes halogenated alkanes) is 2. The molecule has 12 heavy (non-hydrogen) atoms. The van der Waals surface area contributed by atoms with Crippen molar-refractivity contribution in [2.24, 2.45) is 0 Å². The number of aromatic amines is 1. The Morgan fingerprint density at radius 2 is 2.42 bits per heavy atom. The Morgan fingerprint density at radius 1 is 1.58 bits per heavy atom. The van der Waals surface area contributed by atoms with Gasteiger partial charge in [-0.3, -0.25) is 9.31 Å². The van der Waals surface area contributed by atoms with Crippen LogP contribution in [0.15, 0.2) is 11.5 Å². The van der Waals surface area contributed by atoms with Gasteiger partial charge in [-0.15, -0.1) is 0 Å². The largest absolute Gasteiger partial charge is 0.252 e. The molecule has 1 unspecified atom stereocenters. The summed E-state index contributed by atoms with van der Waals surface area (Å²) in [5.41, 5.74) is 0. The number of hydrogen-bond donors (Lipinski definition) is 1. The molecule has 0 aliphatic heterocycles. The predicted molar refractivity (Wildman–Crippen MR) is 47.2 cm³/mol. The molecular weight excluding hydrogens is 174 g/mol. The second kappa shape index (κ2) is 5.03. The molecule has 0 saturated carbocycles. The molecule has 1 rings (SSSR count). The van der Waals surface area contributed by atoms with Gasteiger partial charge in [0.25, 0.3) is 0 Å². The minimum absolute atomic E-state index is 0.492. The third-order valence-electron chi connectivity index (χ3n) is 1.54. The van der Waals surface area contributed by atoms with Crippen LogP contribution in [0.3, 0.4) is 0 Å². The van der Waals surface area contributed by atoms with Gasteiger partial charge in [0.05, 0.1) is 10.8 Å². The normalized spacial score (nSPS) is 13.1. The lowest BCUT2D eigenvalue weighted by Crippen LogP contribution is -2.00. The number of H-pyrrole nitrogens is 1. The van der Waals surface area contributed by atoms with E-state index in [-0.39, 0.29) is 0 Å². The summed E-state index contributed by atoms with van der Waals surface area (Å²) in [5.74, 6) is 0.684. The summed E-state index contributed by atoms with van der Waals surface area (Å²) in [6.45, 7) is 2.12. The molecule has 1 atom stereocenters. The van der Waals surface area contributed by atoms with Crippen molar-refractivity contribution in [2.45, 2.75) is 31.3 Å². The van der Waals surface area contributed by atoms with Crippen molar-refractivity contribution in [1.29, 1.82) is 0 Å². The Bertz CT molecular complexity index is 235. The number of aromatic nitrogens is 3. The maximum Gasteiger partial charge on any atom is 0.214 e. The van der Waals surface area contributed by atoms with E-state index in [9.17, 15) is 4.21 Å². The maximum atomic E-state index is 11.4. The first-order chi connectivity index (χ1) is 5.84. The minimum Gasteiger partial charge on any atom is -0.252 e. The lowest BCUT2D eigenvalue weighted by molar-refractivity contribution is 0.669. The van der Waals surface area contributed by atoms with Crippen LogP contribution in [0.25, 0.3) is 0 Å². The van der Waals surface area contributed by atoms with Crippen LogP contribution in [0.1, 0.15) is 26.2 Å². The average molecular weight is 187 g/mol. The van der Waals surface area contributed by atoms with E-state index >= 15 is 0 Å². The van der Waals surface area contributed by atoms with Crippen molar-refractivity contribution in [3.05, 3.63) is 6.33 Å². The molecule has 0 aliphatic rings. The fourth-order valence-electron chi connectivity index (χ4n) is 0.884. The minimum atomic E-state index is -0.983. The number of nitrogens with one attached hydrogen (secondary N) is 1. The first-order valence-electron chi connectivity index (χ1n) is 4.08. The van der Waals surface area contributed by atoms with Crippen molar-refractivity contribution in [3.63, 3.8) is 0 Å². The molecule has 68 valence electrons. The molecule has 0 saturated heterocycles. The van der Waals surface area contributed by atoms with Gasteiger partial charge < -0.3 is 0 Å². The topological polar surface area (TPSA) is 58.6 Å². The molecule has 4 nitrogen and oxygen atoms in total. The van der Waals surface area contributed by atoms with Gasteiger partial charge in [-0.25, -0.2) is 4.98 Å². The molecule has 5 heteroatoms. The fraction of sp³-hybridized carbons (Fsp3) is 0.714. The van der Waals surface area contributed by atoms with E-state index in [1.807, 2.05) is 0 Å². The second-order valence-electron chi connectivity index (χ2n) is 2.55. The Balaban J connectivity index is 2.30. The zero-order chi connectivity index (χ0) is 8.81. The predicted octanol–water partition coefficient (Wildman–Crippen LogP) is 1.10. The van der Waals surface area contributed by atoms with Crippen LogP contribution in [0.4, 0.5) is 0 Å². The van der Waals surface area contributed by atoms with Gasteiger partial charge in [0.15, 0.2) is 0 Å². The lowest BCUT2D eigenvalue weighted by atomic mass is 10.3. The van der Waals surface area contributed by atoms with Crippen LogP contribution in [-0.2, 0) is 10.8 Å². The first-order valence-corrected chi connectivity index (χ1v) is 5.40. The Morgan fingerprint density at radius 3 is 3.00 bits per heavy atom. The summed E-state index contributed by atoms with van der Waals surface area (Å²) in [5, 5.41) is 6.74. The van der Waals surface area contributed by atoms with Gasteiger partial charge in [0.1, 0.15) is 6.33 Å². The van der Waals surface area contributed by atoms with E-state index in [1.54, 1.807) is 0 Å². The van der Waals surface area contributed by atoms with Crippen LogP contribution < -0.4 is 0 Å². The van der Waals surface area contributed by atoms with Crippen LogP contribution in [0.2, 0.25) is 0 Å². The third-order valence-corrected chi connectivity index (χ3v) is 2.83. The highest BCUT2D eigenvalue weighted by Crippen LogP contribution is 2.01. The molecule has 0 amide bonds. The van der Waals surface area contributed by atoms with Crippen molar-refractivity contribution >= 4 is 10.8 Å². The zero-order valence-corrected chi connectivity index (χ0v) is 7.93. The Labute approximate surface area is 74.2 Å². The number of rotatable bonds is 5. The molecular formula is C7H13N3OS. The van der Waals surface area contributed by atoms with E-state index in [4.69, 9.17) is 0 Å². The summed E-state index contributed by atoms with van der Waals surface area (Å²) in [6, 6.07) is 0. The summed E-state index contributed by atoms with van der Waals surface area (Å²) in [6.07, 6.45) is 4.64. The second-order valence-corrected chi connectivity index (χ2v) is 4.03. The molecule has 1 N–H and O–H groups in total. The van der Waals surface area contributed by atoms with Gasteiger partial charge in [-0.05, 0) is 6.42 Å². The third kappa shape index (κ3) is 2.73. The van der Waals surface area contributed by atoms with Crippen LogP contribution in [-0.4, -0.2) is 25.1 Å². The van der Waals surface area contributed by atoms with E-state index in [2.05, 4.69) is 22.1 Å². The average Bonchev–Trinajstić information content (AvgIpc) is 2.56. The van der Waals surface area contributed by atoms with Crippen LogP contribution in [0, 0.1) is 0 Å². The molecule has 1 heterocycles. The van der Waals surface area contributed by atoms with Gasteiger partial charge in [0.2, 0.25) is 5.16 Å². The smallest absolute Gasteiger partial charge is 0.214 e. The Hall–Kier alpha value is -0.710. The van der Waals surface area contributed by atoms with E-state index in [1.165, 1.54) is 6.33 Å². The molecule has 0 radical (unpaired) electrons. The highest BCUT2D eigenvalue weighted by molar-refractivity contribution is 7.84.